The van der Waals surface area contributed by atoms with Gasteiger partial charge in [-0.25, -0.2) is 0 Å². The Labute approximate surface area is 106 Å². The number of rotatable bonds is 2. The first kappa shape index (κ1) is 10.7. The molecular weight excluding hydrogens is 220 g/mol. The third-order valence-electron chi connectivity index (χ3n) is 2.92. The normalized spacial score (nSPS) is 10.4. The third-order valence-corrected chi connectivity index (χ3v) is 2.92. The van der Waals surface area contributed by atoms with E-state index in [0.29, 0.717) is 0 Å². The number of nitrogens with two attached hydrogens (primary N) is 1. The summed E-state index contributed by atoms with van der Waals surface area (Å²) in [6.45, 7) is 0. The van der Waals surface area contributed by atoms with Gasteiger partial charge in [0, 0.05) is 17.1 Å². The van der Waals surface area contributed by atoms with Crippen LogP contribution in [-0.2, 0) is 0 Å². The molecule has 18 heavy (non-hydrogen) atoms. The van der Waals surface area contributed by atoms with E-state index in [0.717, 1.165) is 17.1 Å². The van der Waals surface area contributed by atoms with Crippen LogP contribution in [0.1, 0.15) is 0 Å². The summed E-state index contributed by atoms with van der Waals surface area (Å²) in [7, 11) is 0. The van der Waals surface area contributed by atoms with Gasteiger partial charge in [0.05, 0.1) is 0 Å². The molecule has 0 spiro atoms. The Bertz CT molecular complexity index is 689. The van der Waals surface area contributed by atoms with Gasteiger partial charge in [0.25, 0.3) is 0 Å². The van der Waals surface area contributed by atoms with Gasteiger partial charge in [0.2, 0.25) is 0 Å². The zero-order valence-corrected chi connectivity index (χ0v) is 9.93. The Morgan fingerprint density at radius 2 is 1.44 bits per heavy atom. The van der Waals surface area contributed by atoms with Crippen LogP contribution in [-0.4, -0.2) is 0 Å². The lowest BCUT2D eigenvalue weighted by molar-refractivity contribution is 1.56. The monoisotopic (exact) mass is 234 g/mol. The highest BCUT2D eigenvalue weighted by Crippen LogP contribution is 2.23. The summed E-state index contributed by atoms with van der Waals surface area (Å²) in [4.78, 5) is 0. The van der Waals surface area contributed by atoms with E-state index in [9.17, 15) is 0 Å². The molecule has 3 rings (SSSR count). The van der Waals surface area contributed by atoms with E-state index in [1.54, 1.807) is 0 Å². The molecule has 3 aromatic rings. The van der Waals surface area contributed by atoms with Crippen molar-refractivity contribution in [3.63, 3.8) is 0 Å². The highest BCUT2D eigenvalue weighted by Gasteiger charge is 1.97. The average Bonchev–Trinajstić information content (AvgIpc) is 2.39. The number of anilines is 3. The van der Waals surface area contributed by atoms with Gasteiger partial charge in [-0.3, -0.25) is 0 Å². The summed E-state index contributed by atoms with van der Waals surface area (Å²) in [6.07, 6.45) is 0. The topological polar surface area (TPSA) is 38.0 Å². The minimum atomic E-state index is 0.765. The van der Waals surface area contributed by atoms with Gasteiger partial charge in [-0.2, -0.15) is 0 Å². The van der Waals surface area contributed by atoms with Crippen molar-refractivity contribution in [2.24, 2.45) is 0 Å². The Morgan fingerprint density at radius 1 is 0.667 bits per heavy atom. The Hall–Kier alpha value is -2.48. The lowest BCUT2D eigenvalue weighted by Crippen LogP contribution is -1.91. The first-order chi connectivity index (χ1) is 8.81. The average molecular weight is 234 g/mol. The van der Waals surface area contributed by atoms with Crippen molar-refractivity contribution in [1.29, 1.82) is 0 Å². The molecule has 0 fully saturated rings. The summed E-state index contributed by atoms with van der Waals surface area (Å²) >= 11 is 0. The largest absolute Gasteiger partial charge is 0.399 e. The van der Waals surface area contributed by atoms with Gasteiger partial charge >= 0.3 is 0 Å². The maximum Gasteiger partial charge on any atom is 0.0404 e. The van der Waals surface area contributed by atoms with E-state index >= 15 is 0 Å². The number of nitrogen functional groups attached to an aromatic ring is 1. The number of benzene rings is 3. The predicted octanol–water partition coefficient (Wildman–Crippen LogP) is 4.17. The van der Waals surface area contributed by atoms with E-state index in [1.165, 1.54) is 10.8 Å². The van der Waals surface area contributed by atoms with Crippen LogP contribution in [0.5, 0.6) is 0 Å². The lowest BCUT2D eigenvalue weighted by atomic mass is 10.1. The predicted molar refractivity (Wildman–Crippen MR) is 78.1 cm³/mol. The van der Waals surface area contributed by atoms with Gasteiger partial charge in [0.1, 0.15) is 0 Å². The summed E-state index contributed by atoms with van der Waals surface area (Å²) in [5.74, 6) is 0. The van der Waals surface area contributed by atoms with Crippen LogP contribution in [0, 0.1) is 0 Å². The van der Waals surface area contributed by atoms with Gasteiger partial charge in [-0.05, 0) is 41.1 Å². The van der Waals surface area contributed by atoms with Crippen molar-refractivity contribution in [3.8, 4) is 0 Å². The number of fused-ring (bicyclic) bond motifs is 1. The van der Waals surface area contributed by atoms with Crippen molar-refractivity contribution < 1.29 is 0 Å². The summed E-state index contributed by atoms with van der Waals surface area (Å²) < 4.78 is 0. The van der Waals surface area contributed by atoms with E-state index in [4.69, 9.17) is 5.73 Å². The smallest absolute Gasteiger partial charge is 0.0404 e. The van der Waals surface area contributed by atoms with E-state index in [2.05, 4.69) is 35.6 Å². The minimum absolute atomic E-state index is 0.765. The third kappa shape index (κ3) is 2.13. The fourth-order valence-electron chi connectivity index (χ4n) is 2.05. The zero-order chi connectivity index (χ0) is 12.4. The molecule has 0 saturated carbocycles. The molecule has 0 aliphatic rings. The van der Waals surface area contributed by atoms with E-state index in [1.807, 2.05) is 36.4 Å². The van der Waals surface area contributed by atoms with Crippen molar-refractivity contribution in [1.82, 2.24) is 0 Å². The zero-order valence-electron chi connectivity index (χ0n) is 9.93. The van der Waals surface area contributed by atoms with Crippen LogP contribution in [0.3, 0.4) is 0 Å². The second kappa shape index (κ2) is 4.41. The van der Waals surface area contributed by atoms with Crippen LogP contribution in [0.25, 0.3) is 10.8 Å². The van der Waals surface area contributed by atoms with Crippen molar-refractivity contribution >= 4 is 27.8 Å². The maximum absolute atomic E-state index is 5.76. The second-order valence-electron chi connectivity index (χ2n) is 4.31. The molecule has 0 bridgehead atoms. The van der Waals surface area contributed by atoms with Crippen LogP contribution < -0.4 is 11.1 Å². The fourth-order valence-corrected chi connectivity index (χ4v) is 2.05. The Balaban J connectivity index is 1.95. The molecular formula is C16H14N2. The molecule has 88 valence electrons. The van der Waals surface area contributed by atoms with Crippen LogP contribution >= 0.6 is 0 Å². The minimum Gasteiger partial charge on any atom is -0.399 e. The molecule has 0 unspecified atom stereocenters. The van der Waals surface area contributed by atoms with Crippen molar-refractivity contribution in [2.75, 3.05) is 11.1 Å². The highest BCUT2D eigenvalue weighted by atomic mass is 14.9. The first-order valence-corrected chi connectivity index (χ1v) is 5.93. The number of hydrogen-bond acceptors (Lipinski definition) is 2. The standard InChI is InChI=1S/C16H14N2/c17-14-6-3-7-15(11-14)18-16-9-8-12-4-1-2-5-13(12)10-16/h1-11,18H,17H2. The molecule has 0 aromatic heterocycles. The molecule has 3 aromatic carbocycles. The quantitative estimate of drug-likeness (QED) is 0.653. The van der Waals surface area contributed by atoms with Crippen molar-refractivity contribution in [2.45, 2.75) is 0 Å². The molecule has 2 heteroatoms. The number of hydrogen-bond donors (Lipinski definition) is 2. The summed E-state index contributed by atoms with van der Waals surface area (Å²) in [5.41, 5.74) is 8.60. The molecule has 3 N–H and O–H groups in total. The summed E-state index contributed by atoms with van der Waals surface area (Å²) in [6, 6.07) is 22.4. The molecule has 0 atom stereocenters. The van der Waals surface area contributed by atoms with Crippen LogP contribution in [0.15, 0.2) is 66.7 Å². The van der Waals surface area contributed by atoms with Crippen LogP contribution in [0.4, 0.5) is 17.1 Å². The maximum atomic E-state index is 5.76. The highest BCUT2D eigenvalue weighted by molar-refractivity contribution is 5.86. The van der Waals surface area contributed by atoms with Crippen LogP contribution in [0.2, 0.25) is 0 Å². The van der Waals surface area contributed by atoms with Gasteiger partial charge in [-0.1, -0.05) is 36.4 Å². The molecule has 0 saturated heterocycles. The second-order valence-corrected chi connectivity index (χ2v) is 4.31. The molecule has 0 radical (unpaired) electrons. The first-order valence-electron chi connectivity index (χ1n) is 5.93. The van der Waals surface area contributed by atoms with E-state index < -0.39 is 0 Å². The van der Waals surface area contributed by atoms with Gasteiger partial charge in [-0.15, -0.1) is 0 Å². The van der Waals surface area contributed by atoms with Gasteiger partial charge < -0.3 is 11.1 Å². The lowest BCUT2D eigenvalue weighted by Gasteiger charge is -2.08. The molecule has 2 nitrogen and oxygen atoms in total. The fraction of sp³-hybridized carbons (Fsp3) is 0. The molecule has 0 heterocycles. The number of nitrogens with one attached hydrogen (secondary N) is 1. The molecule has 0 aliphatic carbocycles. The molecule has 0 aliphatic heterocycles. The molecule has 0 amide bonds. The van der Waals surface area contributed by atoms with E-state index in [-0.39, 0.29) is 0 Å². The van der Waals surface area contributed by atoms with Crippen molar-refractivity contribution in [3.05, 3.63) is 66.7 Å². The van der Waals surface area contributed by atoms with Gasteiger partial charge in [0.15, 0.2) is 0 Å². The Kier molecular flexibility index (Phi) is 2.61. The SMILES string of the molecule is Nc1cccc(Nc2ccc3ccccc3c2)c1. The Morgan fingerprint density at radius 3 is 2.28 bits per heavy atom. The summed E-state index contributed by atoms with van der Waals surface area (Å²) in [5, 5.41) is 5.83.